The van der Waals surface area contributed by atoms with Crippen molar-refractivity contribution in [3.05, 3.63) is 0 Å². The average Bonchev–Trinajstić information content (AvgIpc) is 2.45. The Morgan fingerprint density at radius 3 is 1.55 bits per heavy atom. The van der Waals surface area contributed by atoms with E-state index in [1.165, 1.54) is 21.6 Å². The highest BCUT2D eigenvalue weighted by atomic mass is 33.1. The molecule has 0 aromatic rings. The lowest BCUT2D eigenvalue weighted by atomic mass is 10.3. The summed E-state index contributed by atoms with van der Waals surface area (Å²) in [5, 5.41) is 22.1. The average molecular weight is 326 g/mol. The summed E-state index contributed by atoms with van der Waals surface area (Å²) >= 11 is 0. The minimum atomic E-state index is -0.668. The van der Waals surface area contributed by atoms with E-state index in [2.05, 4.69) is 10.6 Å². The number of rotatable bonds is 11. The number of hydrogen-bond acceptors (Lipinski definition) is 8. The zero-order valence-electron chi connectivity index (χ0n) is 11.1. The number of nitrogens with two attached hydrogens (primary N) is 2. The summed E-state index contributed by atoms with van der Waals surface area (Å²) in [5.41, 5.74) is 11.3. The van der Waals surface area contributed by atoms with Crippen LogP contribution in [0.5, 0.6) is 0 Å². The molecule has 2 amide bonds. The molecule has 8 nitrogen and oxygen atoms in total. The second-order valence-corrected chi connectivity index (χ2v) is 6.36. The maximum absolute atomic E-state index is 11.4. The maximum Gasteiger partial charge on any atom is 0.237 e. The van der Waals surface area contributed by atoms with Crippen molar-refractivity contribution in [1.29, 1.82) is 0 Å². The van der Waals surface area contributed by atoms with Crippen molar-refractivity contribution in [3.8, 4) is 0 Å². The largest absolute Gasteiger partial charge is 0.395 e. The highest BCUT2D eigenvalue weighted by Crippen LogP contribution is 2.22. The third-order valence-electron chi connectivity index (χ3n) is 2.07. The van der Waals surface area contributed by atoms with Crippen molar-refractivity contribution in [3.63, 3.8) is 0 Å². The Hall–Kier alpha value is -0.520. The minimum Gasteiger partial charge on any atom is -0.395 e. The summed E-state index contributed by atoms with van der Waals surface area (Å²) in [6.07, 6.45) is 0. The van der Waals surface area contributed by atoms with Crippen LogP contribution in [0.2, 0.25) is 0 Å². The van der Waals surface area contributed by atoms with E-state index in [0.29, 0.717) is 11.5 Å². The van der Waals surface area contributed by atoms with E-state index in [9.17, 15) is 9.59 Å². The maximum atomic E-state index is 11.4. The van der Waals surface area contributed by atoms with Crippen LogP contribution in [0.1, 0.15) is 0 Å². The molecule has 0 aromatic heterocycles. The second-order valence-electron chi connectivity index (χ2n) is 3.81. The van der Waals surface area contributed by atoms with Gasteiger partial charge in [0.05, 0.1) is 25.3 Å². The Morgan fingerprint density at radius 1 is 0.900 bits per heavy atom. The van der Waals surface area contributed by atoms with E-state index in [1.54, 1.807) is 0 Å². The van der Waals surface area contributed by atoms with Crippen LogP contribution in [-0.2, 0) is 9.59 Å². The van der Waals surface area contributed by atoms with Gasteiger partial charge in [-0.2, -0.15) is 0 Å². The Bertz CT molecular complexity index is 268. The molecule has 0 heterocycles. The summed E-state index contributed by atoms with van der Waals surface area (Å²) < 4.78 is 0. The van der Waals surface area contributed by atoms with Gasteiger partial charge in [-0.25, -0.2) is 0 Å². The second kappa shape index (κ2) is 12.2. The molecule has 10 heteroatoms. The van der Waals surface area contributed by atoms with Crippen LogP contribution < -0.4 is 22.1 Å². The van der Waals surface area contributed by atoms with E-state index in [1.807, 2.05) is 0 Å². The Kier molecular flexibility index (Phi) is 11.9. The van der Waals surface area contributed by atoms with Crippen LogP contribution in [-0.4, -0.2) is 71.9 Å². The third kappa shape index (κ3) is 9.39. The van der Waals surface area contributed by atoms with Crippen LogP contribution >= 0.6 is 21.6 Å². The van der Waals surface area contributed by atoms with Gasteiger partial charge in [-0.05, 0) is 0 Å². The normalized spacial score (nSPS) is 13.6. The molecule has 0 spiro atoms. The van der Waals surface area contributed by atoms with E-state index in [-0.39, 0.29) is 38.1 Å². The summed E-state index contributed by atoms with van der Waals surface area (Å²) in [5.74, 6) is 0.120. The molecule has 0 saturated carbocycles. The standard InChI is InChI=1S/C10H22N4O4S2/c11-7(9(17)13-1-3-15)5-19-20-6-8(12)10(18)14-2-4-16/h7-8,15-16H,1-6,11-12H2,(H,13,17)(H,14,18)/t7-,8-/m0/s1. The number of carbonyl (C=O) groups is 2. The minimum absolute atomic E-state index is 0.127. The lowest BCUT2D eigenvalue weighted by Crippen LogP contribution is -2.43. The number of aliphatic hydroxyl groups excluding tert-OH is 2. The number of nitrogens with one attached hydrogen (secondary N) is 2. The molecular weight excluding hydrogens is 304 g/mol. The van der Waals surface area contributed by atoms with Crippen molar-refractivity contribution < 1.29 is 19.8 Å². The van der Waals surface area contributed by atoms with Gasteiger partial charge in [0.1, 0.15) is 0 Å². The molecule has 0 aliphatic carbocycles. The van der Waals surface area contributed by atoms with Gasteiger partial charge in [0.2, 0.25) is 11.8 Å². The Morgan fingerprint density at radius 2 is 1.25 bits per heavy atom. The fraction of sp³-hybridized carbons (Fsp3) is 0.800. The zero-order chi connectivity index (χ0) is 15.4. The number of carbonyl (C=O) groups excluding carboxylic acids is 2. The molecule has 0 aliphatic rings. The van der Waals surface area contributed by atoms with Gasteiger partial charge in [0.15, 0.2) is 0 Å². The predicted octanol–water partition coefficient (Wildman–Crippen LogP) is -2.76. The number of aliphatic hydroxyl groups is 2. The molecule has 20 heavy (non-hydrogen) atoms. The Balaban J connectivity index is 3.69. The first kappa shape index (κ1) is 19.5. The molecule has 0 radical (unpaired) electrons. The van der Waals surface area contributed by atoms with Crippen molar-refractivity contribution in [2.45, 2.75) is 12.1 Å². The molecule has 2 atom stereocenters. The van der Waals surface area contributed by atoms with Crippen molar-refractivity contribution in [1.82, 2.24) is 10.6 Å². The van der Waals surface area contributed by atoms with Crippen molar-refractivity contribution >= 4 is 33.4 Å². The molecule has 0 saturated heterocycles. The lowest BCUT2D eigenvalue weighted by molar-refractivity contribution is -0.122. The predicted molar refractivity (Wildman–Crippen MR) is 81.1 cm³/mol. The van der Waals surface area contributed by atoms with E-state index in [4.69, 9.17) is 21.7 Å². The van der Waals surface area contributed by atoms with E-state index < -0.39 is 12.1 Å². The summed E-state index contributed by atoms with van der Waals surface area (Å²) in [7, 11) is 2.70. The van der Waals surface area contributed by atoms with Gasteiger partial charge in [-0.15, -0.1) is 0 Å². The van der Waals surface area contributed by atoms with Gasteiger partial charge in [0, 0.05) is 24.6 Å². The molecule has 0 aliphatic heterocycles. The first-order valence-corrected chi connectivity index (χ1v) is 8.54. The molecule has 0 unspecified atom stereocenters. The quantitative estimate of drug-likeness (QED) is 0.176. The van der Waals surface area contributed by atoms with Crippen LogP contribution in [0.4, 0.5) is 0 Å². The van der Waals surface area contributed by atoms with Crippen LogP contribution in [0.25, 0.3) is 0 Å². The first-order valence-electron chi connectivity index (χ1n) is 6.05. The van der Waals surface area contributed by atoms with E-state index >= 15 is 0 Å². The lowest BCUT2D eigenvalue weighted by Gasteiger charge is -2.13. The fourth-order valence-electron chi connectivity index (χ4n) is 1.01. The van der Waals surface area contributed by atoms with Crippen LogP contribution in [0.15, 0.2) is 0 Å². The van der Waals surface area contributed by atoms with Gasteiger partial charge in [-0.3, -0.25) is 9.59 Å². The number of hydrogen-bond donors (Lipinski definition) is 6. The summed E-state index contributed by atoms with van der Waals surface area (Å²) in [4.78, 5) is 22.7. The molecule has 118 valence electrons. The third-order valence-corrected chi connectivity index (χ3v) is 4.55. The highest BCUT2D eigenvalue weighted by Gasteiger charge is 2.15. The van der Waals surface area contributed by atoms with Crippen LogP contribution in [0, 0.1) is 0 Å². The fourth-order valence-corrected chi connectivity index (χ4v) is 3.26. The molecule has 0 rings (SSSR count). The SMILES string of the molecule is N[C@@H](CSSC[C@H](N)C(=O)NCCO)C(=O)NCCO. The van der Waals surface area contributed by atoms with Gasteiger partial charge < -0.3 is 32.3 Å². The van der Waals surface area contributed by atoms with Crippen LogP contribution in [0.3, 0.4) is 0 Å². The Labute approximate surface area is 125 Å². The molecule has 0 aromatic carbocycles. The summed E-state index contributed by atoms with van der Waals surface area (Å²) in [6, 6.07) is -1.34. The highest BCUT2D eigenvalue weighted by molar-refractivity contribution is 8.76. The number of amides is 2. The van der Waals surface area contributed by atoms with Crippen molar-refractivity contribution in [2.24, 2.45) is 11.5 Å². The van der Waals surface area contributed by atoms with Gasteiger partial charge in [-0.1, -0.05) is 21.6 Å². The smallest absolute Gasteiger partial charge is 0.237 e. The molecule has 0 bridgehead atoms. The molecule has 8 N–H and O–H groups in total. The first-order chi connectivity index (χ1) is 9.52. The molecular formula is C10H22N4O4S2. The molecule has 0 fully saturated rings. The monoisotopic (exact) mass is 326 g/mol. The van der Waals surface area contributed by atoms with E-state index in [0.717, 1.165) is 0 Å². The van der Waals surface area contributed by atoms with Crippen molar-refractivity contribution in [2.75, 3.05) is 37.8 Å². The van der Waals surface area contributed by atoms with Gasteiger partial charge in [0.25, 0.3) is 0 Å². The zero-order valence-corrected chi connectivity index (χ0v) is 12.7. The topological polar surface area (TPSA) is 151 Å². The van der Waals surface area contributed by atoms with Gasteiger partial charge >= 0.3 is 0 Å². The summed E-state index contributed by atoms with van der Waals surface area (Å²) in [6.45, 7) is 0.108.